The highest BCUT2D eigenvalue weighted by atomic mass is 32.2. The summed E-state index contributed by atoms with van der Waals surface area (Å²) in [5, 5.41) is 2.87. The maximum absolute atomic E-state index is 12.2. The Morgan fingerprint density at radius 3 is 2.76 bits per heavy atom. The molecule has 1 saturated heterocycles. The molecule has 1 aliphatic rings. The lowest BCUT2D eigenvalue weighted by Gasteiger charge is -2.30. The second-order valence-electron chi connectivity index (χ2n) is 7.17. The van der Waals surface area contributed by atoms with E-state index in [1.54, 1.807) is 4.90 Å². The lowest BCUT2D eigenvalue weighted by molar-refractivity contribution is -0.927. The summed E-state index contributed by atoms with van der Waals surface area (Å²) in [5.41, 5.74) is 1.78. The van der Waals surface area contributed by atoms with Crippen molar-refractivity contribution in [3.8, 4) is 0 Å². The van der Waals surface area contributed by atoms with Crippen LogP contribution in [0.4, 0.5) is 0 Å². The van der Waals surface area contributed by atoms with Gasteiger partial charge in [-0.3, -0.25) is 4.79 Å². The molecule has 1 aromatic carbocycles. The number of hydrogen-bond acceptors (Lipinski definition) is 3. The van der Waals surface area contributed by atoms with E-state index < -0.39 is 9.84 Å². The van der Waals surface area contributed by atoms with Crippen LogP contribution in [0, 0.1) is 6.92 Å². The normalized spacial score (nSPS) is 21.0. The van der Waals surface area contributed by atoms with E-state index in [2.05, 4.69) is 12.2 Å². The lowest BCUT2D eigenvalue weighted by atomic mass is 10.0. The highest BCUT2D eigenvalue weighted by molar-refractivity contribution is 7.90. The van der Waals surface area contributed by atoms with Gasteiger partial charge in [0.05, 0.1) is 37.2 Å². The Balaban J connectivity index is 1.71. The van der Waals surface area contributed by atoms with Crippen LogP contribution in [0.1, 0.15) is 43.7 Å². The largest absolute Gasteiger partial charge is 0.350 e. The van der Waals surface area contributed by atoms with E-state index in [-0.39, 0.29) is 23.8 Å². The molecule has 6 heteroatoms. The van der Waals surface area contributed by atoms with Crippen LogP contribution in [-0.4, -0.2) is 45.8 Å². The molecule has 0 aliphatic carbocycles. The zero-order valence-corrected chi connectivity index (χ0v) is 16.2. The minimum atomic E-state index is -3.27. The summed E-state index contributed by atoms with van der Waals surface area (Å²) in [5.74, 6) is -0.264. The van der Waals surface area contributed by atoms with Crippen molar-refractivity contribution in [2.45, 2.75) is 51.3 Å². The summed E-state index contributed by atoms with van der Waals surface area (Å²) >= 11 is 0. The number of sulfone groups is 1. The van der Waals surface area contributed by atoms with Crippen LogP contribution in [0.15, 0.2) is 24.3 Å². The van der Waals surface area contributed by atoms with Crippen LogP contribution in [-0.2, 0) is 20.4 Å². The minimum Gasteiger partial charge on any atom is -0.350 e. The molecule has 0 saturated carbocycles. The van der Waals surface area contributed by atoms with Crippen molar-refractivity contribution < 1.29 is 18.1 Å². The number of rotatable bonds is 8. The van der Waals surface area contributed by atoms with E-state index in [1.165, 1.54) is 25.8 Å². The molecule has 0 aromatic heterocycles. The number of likely N-dealkylation sites (tertiary alicyclic amines) is 1. The van der Waals surface area contributed by atoms with Gasteiger partial charge in [0, 0.05) is 6.42 Å². The predicted molar refractivity (Wildman–Crippen MR) is 100 cm³/mol. The fraction of sp³-hybridized carbons (Fsp3) is 0.632. The third-order valence-corrected chi connectivity index (χ3v) is 6.70. The number of nitrogens with one attached hydrogen (secondary N) is 2. The van der Waals surface area contributed by atoms with Crippen molar-refractivity contribution in [1.82, 2.24) is 5.32 Å². The first-order valence-electron chi connectivity index (χ1n) is 9.23. The van der Waals surface area contributed by atoms with Crippen molar-refractivity contribution in [3.63, 3.8) is 0 Å². The molecule has 2 N–H and O–H groups in total. The molecule has 2 atom stereocenters. The third-order valence-electron chi connectivity index (χ3n) is 5.13. The van der Waals surface area contributed by atoms with E-state index in [4.69, 9.17) is 0 Å². The van der Waals surface area contributed by atoms with E-state index in [0.29, 0.717) is 12.6 Å². The maximum Gasteiger partial charge on any atom is 0.221 e. The second-order valence-corrected chi connectivity index (χ2v) is 9.36. The molecular formula is C19H31N2O3S+. The molecule has 0 bridgehead atoms. The average molecular weight is 368 g/mol. The molecule has 25 heavy (non-hydrogen) atoms. The monoisotopic (exact) mass is 367 g/mol. The first kappa shape index (κ1) is 19.9. The number of aryl methyl sites for hydroxylation is 1. The number of quaternary nitrogens is 1. The Kier molecular flexibility index (Phi) is 7.44. The summed E-state index contributed by atoms with van der Waals surface area (Å²) in [6, 6.07) is 8.12. The van der Waals surface area contributed by atoms with Gasteiger partial charge >= 0.3 is 0 Å². The highest BCUT2D eigenvalue weighted by Gasteiger charge is 2.21. The Hall–Kier alpha value is -1.40. The molecule has 5 nitrogen and oxygen atoms in total. The van der Waals surface area contributed by atoms with E-state index in [0.717, 1.165) is 17.7 Å². The number of carbonyl (C=O) groups is 1. The zero-order chi connectivity index (χ0) is 18.3. The number of amides is 1. The standard InChI is InChI=1S/C19H30N2O3S/c1-16-7-3-4-9-18(16)15-25(23,24)14-10-19(22)20-11-13-21-12-6-5-8-17(21)2/h3-4,7,9,17H,5-6,8,10-15H2,1-2H3,(H,20,22)/p+1. The first-order chi connectivity index (χ1) is 11.9. The molecule has 0 radical (unpaired) electrons. The van der Waals surface area contributed by atoms with Gasteiger partial charge in [-0.25, -0.2) is 8.42 Å². The fourth-order valence-corrected chi connectivity index (χ4v) is 4.84. The number of hydrogen-bond donors (Lipinski definition) is 2. The molecule has 2 rings (SSSR count). The van der Waals surface area contributed by atoms with Gasteiger partial charge in [0.25, 0.3) is 0 Å². The molecule has 1 fully saturated rings. The van der Waals surface area contributed by atoms with Crippen molar-refractivity contribution >= 4 is 15.7 Å². The molecule has 1 heterocycles. The summed E-state index contributed by atoms with van der Waals surface area (Å²) in [6.45, 7) is 6.87. The van der Waals surface area contributed by atoms with Gasteiger partial charge < -0.3 is 10.2 Å². The molecule has 0 spiro atoms. The summed E-state index contributed by atoms with van der Waals surface area (Å²) < 4.78 is 24.5. The van der Waals surface area contributed by atoms with Gasteiger partial charge in [-0.2, -0.15) is 0 Å². The SMILES string of the molecule is Cc1ccccc1CS(=O)(=O)CCC(=O)NCC[NH+]1CCCCC1C. The average Bonchev–Trinajstić information content (AvgIpc) is 2.57. The smallest absolute Gasteiger partial charge is 0.221 e. The maximum atomic E-state index is 12.2. The fourth-order valence-electron chi connectivity index (χ4n) is 3.40. The van der Waals surface area contributed by atoms with Crippen LogP contribution in [0.2, 0.25) is 0 Å². The molecular weight excluding hydrogens is 336 g/mol. The van der Waals surface area contributed by atoms with Crippen molar-refractivity contribution in [1.29, 1.82) is 0 Å². The quantitative estimate of drug-likeness (QED) is 0.717. The number of benzene rings is 1. The number of piperidine rings is 1. The van der Waals surface area contributed by atoms with Crippen LogP contribution >= 0.6 is 0 Å². The summed E-state index contributed by atoms with van der Waals surface area (Å²) in [7, 11) is -3.27. The third kappa shape index (κ3) is 6.78. The minimum absolute atomic E-state index is 0.00237. The highest BCUT2D eigenvalue weighted by Crippen LogP contribution is 2.12. The topological polar surface area (TPSA) is 67.7 Å². The van der Waals surface area contributed by atoms with Gasteiger partial charge in [0.2, 0.25) is 5.91 Å². The first-order valence-corrected chi connectivity index (χ1v) is 11.1. The lowest BCUT2D eigenvalue weighted by Crippen LogP contribution is -3.16. The van der Waals surface area contributed by atoms with Crippen LogP contribution in [0.3, 0.4) is 0 Å². The Labute approximate surface area is 151 Å². The van der Waals surface area contributed by atoms with Gasteiger partial charge in [-0.15, -0.1) is 0 Å². The predicted octanol–water partition coefficient (Wildman–Crippen LogP) is 0.873. The number of carbonyl (C=O) groups excluding carboxylic acids is 1. The van der Waals surface area contributed by atoms with Crippen molar-refractivity contribution in [2.24, 2.45) is 0 Å². The molecule has 140 valence electrons. The Morgan fingerprint density at radius 2 is 2.04 bits per heavy atom. The molecule has 2 unspecified atom stereocenters. The molecule has 1 aliphatic heterocycles. The van der Waals surface area contributed by atoms with Crippen molar-refractivity contribution in [2.75, 3.05) is 25.4 Å². The zero-order valence-electron chi connectivity index (χ0n) is 15.4. The van der Waals surface area contributed by atoms with E-state index in [1.807, 2.05) is 31.2 Å². The summed E-state index contributed by atoms with van der Waals surface area (Å²) in [4.78, 5) is 13.5. The van der Waals surface area contributed by atoms with Gasteiger partial charge in [0.15, 0.2) is 9.84 Å². The molecule has 1 aromatic rings. The summed E-state index contributed by atoms with van der Waals surface area (Å²) in [6.07, 6.45) is 3.85. The Morgan fingerprint density at radius 1 is 1.28 bits per heavy atom. The second kappa shape index (κ2) is 9.34. The van der Waals surface area contributed by atoms with E-state index >= 15 is 0 Å². The van der Waals surface area contributed by atoms with Gasteiger partial charge in [0.1, 0.15) is 0 Å². The molecule has 1 amide bonds. The van der Waals surface area contributed by atoms with Crippen LogP contribution in [0.5, 0.6) is 0 Å². The van der Waals surface area contributed by atoms with Crippen LogP contribution < -0.4 is 10.2 Å². The van der Waals surface area contributed by atoms with Crippen LogP contribution in [0.25, 0.3) is 0 Å². The van der Waals surface area contributed by atoms with Gasteiger partial charge in [-0.05, 0) is 44.2 Å². The Bertz CT molecular complexity index is 673. The van der Waals surface area contributed by atoms with Crippen molar-refractivity contribution in [3.05, 3.63) is 35.4 Å². The van der Waals surface area contributed by atoms with E-state index in [9.17, 15) is 13.2 Å². The van der Waals surface area contributed by atoms with Gasteiger partial charge in [-0.1, -0.05) is 24.3 Å².